The van der Waals surface area contributed by atoms with E-state index in [2.05, 4.69) is 85.8 Å². The maximum absolute atomic E-state index is 2.56. The summed E-state index contributed by atoms with van der Waals surface area (Å²) in [7, 11) is 0. The molecule has 5 aromatic carbocycles. The van der Waals surface area contributed by atoms with Crippen molar-refractivity contribution < 1.29 is 0 Å². The van der Waals surface area contributed by atoms with Crippen molar-refractivity contribution in [3.05, 3.63) is 129 Å². The molecule has 9 rings (SSSR count). The summed E-state index contributed by atoms with van der Waals surface area (Å²) in [5, 5.41) is 0. The van der Waals surface area contributed by atoms with E-state index in [0.29, 0.717) is 0 Å². The number of benzene rings is 5. The Bertz CT molecular complexity index is 1800. The van der Waals surface area contributed by atoms with Gasteiger partial charge in [0.05, 0.1) is 0 Å². The predicted octanol–water partition coefficient (Wildman–Crippen LogP) is 8.28. The van der Waals surface area contributed by atoms with Crippen molar-refractivity contribution in [1.29, 1.82) is 0 Å². The van der Waals surface area contributed by atoms with E-state index in [1.165, 1.54) is 89.0 Å². The molecule has 0 fully saturated rings. The molecule has 164 valence electrons. The van der Waals surface area contributed by atoms with Crippen LogP contribution < -0.4 is 0 Å². The van der Waals surface area contributed by atoms with Crippen LogP contribution in [-0.4, -0.2) is 0 Å². The van der Waals surface area contributed by atoms with E-state index in [0.717, 1.165) is 25.7 Å². The molecule has 5 aromatic rings. The van der Waals surface area contributed by atoms with Crippen LogP contribution in [0.4, 0.5) is 0 Å². The Kier molecular flexibility index (Phi) is 3.27. The summed E-state index contributed by atoms with van der Waals surface area (Å²) in [6.07, 6.45) is 4.24. The zero-order chi connectivity index (χ0) is 22.8. The molecule has 0 saturated heterocycles. The van der Waals surface area contributed by atoms with Crippen LogP contribution in [0.25, 0.3) is 44.5 Å². The second-order valence-electron chi connectivity index (χ2n) is 10.9. The molecule has 0 bridgehead atoms. The van der Waals surface area contributed by atoms with Gasteiger partial charge in [-0.15, -0.1) is 0 Å². The zero-order valence-corrected chi connectivity index (χ0v) is 19.8. The highest BCUT2D eigenvalue weighted by molar-refractivity contribution is 5.98. The Morgan fingerprint density at radius 3 is 1.69 bits per heavy atom. The monoisotopic (exact) mass is 444 g/mol. The van der Waals surface area contributed by atoms with Gasteiger partial charge in [-0.05, 0) is 139 Å². The molecular weight excluding hydrogens is 420 g/mol. The second-order valence-corrected chi connectivity index (χ2v) is 10.9. The van der Waals surface area contributed by atoms with Gasteiger partial charge < -0.3 is 0 Å². The van der Waals surface area contributed by atoms with Crippen LogP contribution in [0.15, 0.2) is 78.9 Å². The summed E-state index contributed by atoms with van der Waals surface area (Å²) in [5.74, 6) is 0. The van der Waals surface area contributed by atoms with Gasteiger partial charge in [0.1, 0.15) is 0 Å². The fourth-order valence-electron chi connectivity index (χ4n) is 7.68. The van der Waals surface area contributed by atoms with Gasteiger partial charge in [0.25, 0.3) is 0 Å². The molecule has 35 heavy (non-hydrogen) atoms. The van der Waals surface area contributed by atoms with Crippen molar-refractivity contribution >= 4 is 0 Å². The van der Waals surface area contributed by atoms with Gasteiger partial charge >= 0.3 is 0 Å². The topological polar surface area (TPSA) is 0 Å². The number of hydrogen-bond donors (Lipinski definition) is 0. The van der Waals surface area contributed by atoms with Crippen LogP contribution in [0, 0.1) is 6.92 Å². The minimum atomic E-state index is 1.05. The molecule has 0 aromatic heterocycles. The van der Waals surface area contributed by atoms with E-state index in [1.807, 2.05) is 0 Å². The molecule has 4 aliphatic rings. The van der Waals surface area contributed by atoms with Gasteiger partial charge in [-0.25, -0.2) is 0 Å². The minimum Gasteiger partial charge on any atom is -0.0619 e. The number of rotatable bonds is 0. The Labute approximate surface area is 205 Å². The summed E-state index contributed by atoms with van der Waals surface area (Å²) in [6.45, 7) is 2.31. The fourth-order valence-corrected chi connectivity index (χ4v) is 7.68. The van der Waals surface area contributed by atoms with E-state index in [-0.39, 0.29) is 0 Å². The van der Waals surface area contributed by atoms with Crippen LogP contribution in [0.3, 0.4) is 0 Å². The number of aryl methyl sites for hydroxylation is 1. The van der Waals surface area contributed by atoms with Crippen molar-refractivity contribution in [3.8, 4) is 44.5 Å². The minimum absolute atomic E-state index is 1.05. The third-order valence-electron chi connectivity index (χ3n) is 9.04. The Morgan fingerprint density at radius 1 is 0.400 bits per heavy atom. The lowest BCUT2D eigenvalue weighted by Gasteiger charge is -2.13. The van der Waals surface area contributed by atoms with Gasteiger partial charge in [-0.3, -0.25) is 0 Å². The van der Waals surface area contributed by atoms with Crippen LogP contribution in [-0.2, 0) is 25.7 Å². The summed E-state index contributed by atoms with van der Waals surface area (Å²) in [6, 6.07) is 30.4. The largest absolute Gasteiger partial charge is 0.0619 e. The quantitative estimate of drug-likeness (QED) is 0.221. The van der Waals surface area contributed by atoms with Crippen molar-refractivity contribution in [2.24, 2.45) is 0 Å². The Morgan fingerprint density at radius 2 is 0.943 bits per heavy atom. The van der Waals surface area contributed by atoms with Gasteiger partial charge in [-0.2, -0.15) is 0 Å². The summed E-state index contributed by atoms with van der Waals surface area (Å²) in [5.41, 5.74) is 25.4. The van der Waals surface area contributed by atoms with Crippen molar-refractivity contribution in [2.45, 2.75) is 32.6 Å². The third-order valence-corrected chi connectivity index (χ3v) is 9.04. The normalized spacial score (nSPS) is 14.5. The van der Waals surface area contributed by atoms with Crippen LogP contribution in [0.2, 0.25) is 0 Å². The van der Waals surface area contributed by atoms with Crippen molar-refractivity contribution in [1.82, 2.24) is 0 Å². The predicted molar refractivity (Wildman–Crippen MR) is 144 cm³/mol. The van der Waals surface area contributed by atoms with Gasteiger partial charge in [0, 0.05) is 0 Å². The molecule has 0 atom stereocenters. The molecule has 0 spiro atoms. The Balaban J connectivity index is 1.26. The van der Waals surface area contributed by atoms with E-state index < -0.39 is 0 Å². The first-order valence-electron chi connectivity index (χ1n) is 12.9. The van der Waals surface area contributed by atoms with Crippen LogP contribution >= 0.6 is 0 Å². The van der Waals surface area contributed by atoms with Crippen LogP contribution in [0.5, 0.6) is 0 Å². The molecule has 0 heterocycles. The standard InChI is InChI=1S/C35H24/c1-19-12-26-15-25-18-30-24(17-29(25)33(26)31-16-21-7-3-4-8-27(21)32(19)31)14-23-11-10-22-13-20-6-2-5-9-28(20)34(22)35(23)30/h2-12,17-18H,13-16H2,1H3. The number of hydrogen-bond acceptors (Lipinski definition) is 0. The molecule has 0 amide bonds. The molecule has 0 radical (unpaired) electrons. The third kappa shape index (κ3) is 2.24. The van der Waals surface area contributed by atoms with Crippen LogP contribution in [0.1, 0.15) is 50.1 Å². The lowest BCUT2D eigenvalue weighted by atomic mass is 9.90. The van der Waals surface area contributed by atoms with E-state index in [1.54, 1.807) is 5.56 Å². The summed E-state index contributed by atoms with van der Waals surface area (Å²) < 4.78 is 0. The molecule has 0 N–H and O–H groups in total. The molecule has 0 saturated carbocycles. The molecular formula is C35H24. The average Bonchev–Trinajstić information content (AvgIpc) is 3.61. The first-order valence-corrected chi connectivity index (χ1v) is 12.9. The first kappa shape index (κ1) is 18.4. The molecule has 4 aliphatic carbocycles. The molecule has 0 unspecified atom stereocenters. The highest BCUT2D eigenvalue weighted by Crippen LogP contribution is 2.54. The lowest BCUT2D eigenvalue weighted by molar-refractivity contribution is 1.22. The first-order chi connectivity index (χ1) is 17.2. The molecule has 0 nitrogen and oxygen atoms in total. The fraction of sp³-hybridized carbons (Fsp3) is 0.143. The van der Waals surface area contributed by atoms with Gasteiger partial charge in [-0.1, -0.05) is 66.7 Å². The maximum Gasteiger partial charge on any atom is -0.000708 e. The van der Waals surface area contributed by atoms with Crippen molar-refractivity contribution in [3.63, 3.8) is 0 Å². The second kappa shape index (κ2) is 6.20. The smallest absolute Gasteiger partial charge is 0.000708 e. The van der Waals surface area contributed by atoms with Gasteiger partial charge in [0.15, 0.2) is 0 Å². The Hall–Kier alpha value is -3.90. The van der Waals surface area contributed by atoms with Crippen molar-refractivity contribution in [2.75, 3.05) is 0 Å². The maximum atomic E-state index is 2.56. The molecule has 0 aliphatic heterocycles. The highest BCUT2D eigenvalue weighted by Gasteiger charge is 2.33. The highest BCUT2D eigenvalue weighted by atomic mass is 14.4. The summed E-state index contributed by atoms with van der Waals surface area (Å²) >= 11 is 0. The van der Waals surface area contributed by atoms with E-state index >= 15 is 0 Å². The van der Waals surface area contributed by atoms with E-state index in [4.69, 9.17) is 0 Å². The molecule has 0 heteroatoms. The summed E-state index contributed by atoms with van der Waals surface area (Å²) in [4.78, 5) is 0. The zero-order valence-electron chi connectivity index (χ0n) is 19.8. The van der Waals surface area contributed by atoms with E-state index in [9.17, 15) is 0 Å². The SMILES string of the molecule is Cc1cc2c(c3c1-c1ccccc1C3)-c1cc3c(cc1C2)-c1c(ccc2c1-c1ccccc1C2)C3. The number of fused-ring (bicyclic) bond motifs is 14. The lowest BCUT2D eigenvalue weighted by Crippen LogP contribution is -1.92. The van der Waals surface area contributed by atoms with Gasteiger partial charge in [0.2, 0.25) is 0 Å². The average molecular weight is 445 g/mol.